The largest absolute Gasteiger partial charge is 0.481 e. The van der Waals surface area contributed by atoms with E-state index in [0.29, 0.717) is 0 Å². The van der Waals surface area contributed by atoms with Crippen molar-refractivity contribution in [2.75, 3.05) is 0 Å². The van der Waals surface area contributed by atoms with Crippen LogP contribution in [-0.2, 0) is 9.59 Å². The molecule has 1 aliphatic rings. The second-order valence-corrected chi connectivity index (χ2v) is 2.73. The third kappa shape index (κ3) is 1.50. The van der Waals surface area contributed by atoms with Gasteiger partial charge in [-0.3, -0.25) is 9.59 Å². The monoisotopic (exact) mass is 157 g/mol. The van der Waals surface area contributed by atoms with Crippen molar-refractivity contribution in [3.05, 3.63) is 0 Å². The van der Waals surface area contributed by atoms with E-state index in [1.54, 1.807) is 0 Å². The van der Waals surface area contributed by atoms with Gasteiger partial charge in [-0.05, 0) is 6.42 Å². The maximum absolute atomic E-state index is 10.8. The van der Waals surface area contributed by atoms with E-state index in [4.69, 9.17) is 5.11 Å². The van der Waals surface area contributed by atoms with E-state index >= 15 is 0 Å². The first-order chi connectivity index (χ1) is 5.15. The van der Waals surface area contributed by atoms with E-state index in [2.05, 4.69) is 5.32 Å². The van der Waals surface area contributed by atoms with Crippen molar-refractivity contribution in [1.29, 1.82) is 0 Å². The minimum Gasteiger partial charge on any atom is -0.481 e. The van der Waals surface area contributed by atoms with E-state index in [-0.39, 0.29) is 24.3 Å². The maximum atomic E-state index is 10.8. The van der Waals surface area contributed by atoms with Gasteiger partial charge in [0.15, 0.2) is 0 Å². The first kappa shape index (κ1) is 8.04. The molecule has 2 atom stereocenters. The van der Waals surface area contributed by atoms with E-state index in [1.165, 1.54) is 0 Å². The highest BCUT2D eigenvalue weighted by atomic mass is 16.4. The Kier molecular flexibility index (Phi) is 2.12. The molecule has 2 unspecified atom stereocenters. The molecule has 4 heteroatoms. The molecular weight excluding hydrogens is 146 g/mol. The zero-order valence-corrected chi connectivity index (χ0v) is 6.33. The van der Waals surface area contributed by atoms with Gasteiger partial charge in [0.25, 0.3) is 0 Å². The number of rotatable bonds is 3. The van der Waals surface area contributed by atoms with Crippen molar-refractivity contribution in [2.24, 2.45) is 5.92 Å². The molecule has 62 valence electrons. The Morgan fingerprint density at radius 2 is 2.36 bits per heavy atom. The quantitative estimate of drug-likeness (QED) is 0.566. The lowest BCUT2D eigenvalue weighted by Crippen LogP contribution is -2.58. The summed E-state index contributed by atoms with van der Waals surface area (Å²) >= 11 is 0. The average Bonchev–Trinajstić information content (AvgIpc) is 1.95. The van der Waals surface area contributed by atoms with E-state index < -0.39 is 5.97 Å². The minimum atomic E-state index is -0.900. The van der Waals surface area contributed by atoms with Crippen LogP contribution in [0.2, 0.25) is 0 Å². The Labute approximate surface area is 64.6 Å². The molecule has 0 aromatic heterocycles. The number of β-lactam (4-membered cyclic amide) rings is 1. The van der Waals surface area contributed by atoms with Crippen LogP contribution in [0.1, 0.15) is 19.8 Å². The van der Waals surface area contributed by atoms with Gasteiger partial charge in [-0.2, -0.15) is 0 Å². The zero-order valence-electron chi connectivity index (χ0n) is 6.33. The Morgan fingerprint density at radius 1 is 1.73 bits per heavy atom. The fraction of sp³-hybridized carbons (Fsp3) is 0.714. The summed E-state index contributed by atoms with van der Waals surface area (Å²) in [6.07, 6.45) is 0.772. The van der Waals surface area contributed by atoms with E-state index in [0.717, 1.165) is 6.42 Å². The summed E-state index contributed by atoms with van der Waals surface area (Å²) in [5, 5.41) is 11.0. The number of nitrogens with one attached hydrogen (secondary N) is 1. The highest BCUT2D eigenvalue weighted by Gasteiger charge is 2.38. The van der Waals surface area contributed by atoms with Crippen LogP contribution in [0.4, 0.5) is 0 Å². The second-order valence-electron chi connectivity index (χ2n) is 2.73. The van der Waals surface area contributed by atoms with Gasteiger partial charge >= 0.3 is 5.97 Å². The Balaban J connectivity index is 2.42. The molecule has 1 heterocycles. The van der Waals surface area contributed by atoms with Crippen molar-refractivity contribution in [3.8, 4) is 0 Å². The number of carboxylic acid groups (broad SMARTS) is 1. The van der Waals surface area contributed by atoms with Crippen LogP contribution in [0.15, 0.2) is 0 Å². The van der Waals surface area contributed by atoms with Gasteiger partial charge < -0.3 is 10.4 Å². The van der Waals surface area contributed by atoms with Crippen LogP contribution in [0, 0.1) is 5.92 Å². The molecule has 11 heavy (non-hydrogen) atoms. The number of aliphatic carboxylic acids is 1. The minimum absolute atomic E-state index is 0.0374. The van der Waals surface area contributed by atoms with Crippen molar-refractivity contribution in [2.45, 2.75) is 25.8 Å². The first-order valence-corrected chi connectivity index (χ1v) is 3.67. The normalized spacial score (nSPS) is 29.0. The molecule has 0 bridgehead atoms. The summed E-state index contributed by atoms with van der Waals surface area (Å²) in [5.74, 6) is -1.32. The highest BCUT2D eigenvalue weighted by molar-refractivity contribution is 5.89. The lowest BCUT2D eigenvalue weighted by atomic mass is 9.86. The maximum Gasteiger partial charge on any atom is 0.304 e. The summed E-state index contributed by atoms with van der Waals surface area (Å²) in [5.41, 5.74) is 0. The molecule has 1 rings (SSSR count). The average molecular weight is 157 g/mol. The summed E-state index contributed by atoms with van der Waals surface area (Å²) in [6.45, 7) is 1.93. The standard InChI is InChI=1S/C7H11NO3/c1-2-5-4(3-6(9)10)7(11)8-5/h4-5H,2-3H2,1H3,(H,8,11)(H,9,10). The molecule has 2 N–H and O–H groups in total. The van der Waals surface area contributed by atoms with Gasteiger partial charge in [-0.25, -0.2) is 0 Å². The molecule has 1 fully saturated rings. The van der Waals surface area contributed by atoms with Crippen molar-refractivity contribution in [1.82, 2.24) is 5.32 Å². The van der Waals surface area contributed by atoms with Crippen LogP contribution in [0.3, 0.4) is 0 Å². The van der Waals surface area contributed by atoms with Crippen molar-refractivity contribution >= 4 is 11.9 Å². The van der Waals surface area contributed by atoms with E-state index in [1.807, 2.05) is 6.92 Å². The molecule has 0 saturated carbocycles. The lowest BCUT2D eigenvalue weighted by Gasteiger charge is -2.35. The smallest absolute Gasteiger partial charge is 0.304 e. The fourth-order valence-corrected chi connectivity index (χ4v) is 1.29. The molecule has 1 saturated heterocycles. The van der Waals surface area contributed by atoms with Gasteiger partial charge in [0.1, 0.15) is 0 Å². The SMILES string of the molecule is CCC1NC(=O)C1CC(=O)O. The first-order valence-electron chi connectivity index (χ1n) is 3.67. The van der Waals surface area contributed by atoms with Gasteiger partial charge in [0.05, 0.1) is 12.3 Å². The van der Waals surface area contributed by atoms with Crippen LogP contribution in [-0.4, -0.2) is 23.0 Å². The lowest BCUT2D eigenvalue weighted by molar-refractivity contribution is -0.146. The summed E-state index contributed by atoms with van der Waals surface area (Å²) in [4.78, 5) is 21.0. The third-order valence-corrected chi connectivity index (χ3v) is 1.98. The zero-order chi connectivity index (χ0) is 8.43. The van der Waals surface area contributed by atoms with Gasteiger partial charge in [-0.1, -0.05) is 6.92 Å². The summed E-state index contributed by atoms with van der Waals surface area (Å²) < 4.78 is 0. The molecule has 0 aliphatic carbocycles. The molecule has 0 aromatic carbocycles. The van der Waals surface area contributed by atoms with Crippen LogP contribution < -0.4 is 5.32 Å². The molecule has 0 aromatic rings. The number of carboxylic acids is 1. The molecule has 0 spiro atoms. The highest BCUT2D eigenvalue weighted by Crippen LogP contribution is 2.20. The van der Waals surface area contributed by atoms with Crippen molar-refractivity contribution < 1.29 is 14.7 Å². The topological polar surface area (TPSA) is 66.4 Å². The predicted octanol–water partition coefficient (Wildman–Crippen LogP) is -0.0143. The Bertz CT molecular complexity index is 190. The summed E-state index contributed by atoms with van der Waals surface area (Å²) in [7, 11) is 0. The molecular formula is C7H11NO3. The van der Waals surface area contributed by atoms with Gasteiger partial charge in [0, 0.05) is 6.04 Å². The Morgan fingerprint density at radius 3 is 2.73 bits per heavy atom. The number of carbonyl (C=O) groups excluding carboxylic acids is 1. The molecule has 0 radical (unpaired) electrons. The second kappa shape index (κ2) is 2.90. The third-order valence-electron chi connectivity index (χ3n) is 1.98. The van der Waals surface area contributed by atoms with Crippen LogP contribution in [0.5, 0.6) is 0 Å². The van der Waals surface area contributed by atoms with E-state index in [9.17, 15) is 9.59 Å². The number of hydrogen-bond acceptors (Lipinski definition) is 2. The van der Waals surface area contributed by atoms with Gasteiger partial charge in [0.2, 0.25) is 5.91 Å². The van der Waals surface area contributed by atoms with Crippen molar-refractivity contribution in [3.63, 3.8) is 0 Å². The Hall–Kier alpha value is -1.06. The molecule has 4 nitrogen and oxygen atoms in total. The summed E-state index contributed by atoms with van der Waals surface area (Å²) in [6, 6.07) is 0.0820. The molecule has 1 aliphatic heterocycles. The number of hydrogen-bond donors (Lipinski definition) is 2. The predicted molar refractivity (Wildman–Crippen MR) is 38.0 cm³/mol. The fourth-order valence-electron chi connectivity index (χ4n) is 1.29. The molecule has 1 amide bonds. The number of carbonyl (C=O) groups is 2. The van der Waals surface area contributed by atoms with Gasteiger partial charge in [-0.15, -0.1) is 0 Å². The van der Waals surface area contributed by atoms with Crippen LogP contribution in [0.25, 0.3) is 0 Å². The number of amides is 1. The van der Waals surface area contributed by atoms with Crippen LogP contribution >= 0.6 is 0 Å².